The van der Waals surface area contributed by atoms with Crippen LogP contribution in [0.1, 0.15) is 5.56 Å². The molecule has 4 nitrogen and oxygen atoms in total. The summed E-state index contributed by atoms with van der Waals surface area (Å²) in [4.78, 5) is 3.83. The van der Waals surface area contributed by atoms with Crippen LogP contribution < -0.4 is 0 Å². The molecule has 6 aromatic carbocycles. The second-order valence-electron chi connectivity index (χ2n) is 10.4. The summed E-state index contributed by atoms with van der Waals surface area (Å²) in [5.74, 6) is 0. The van der Waals surface area contributed by atoms with E-state index in [2.05, 4.69) is 76.1 Å². The highest BCUT2D eigenvalue weighted by molar-refractivity contribution is 6.09. The van der Waals surface area contributed by atoms with Crippen LogP contribution in [-0.4, -0.2) is 4.57 Å². The van der Waals surface area contributed by atoms with E-state index < -0.39 is 0 Å². The van der Waals surface area contributed by atoms with E-state index in [0.717, 1.165) is 60.9 Å². The van der Waals surface area contributed by atoms with E-state index in [1.807, 2.05) is 66.7 Å². The number of para-hydroxylation sites is 3. The van der Waals surface area contributed by atoms with Crippen LogP contribution in [0.5, 0.6) is 0 Å². The number of aromatic nitrogens is 1. The Bertz CT molecular complexity index is 2390. The normalized spacial score (nSPS) is 11.3. The van der Waals surface area contributed by atoms with Crippen molar-refractivity contribution < 1.29 is 4.42 Å². The summed E-state index contributed by atoms with van der Waals surface area (Å²) in [6.07, 6.45) is 0. The quantitative estimate of drug-likeness (QED) is 0.211. The summed E-state index contributed by atoms with van der Waals surface area (Å²) in [5.41, 5.74) is 9.55. The molecule has 0 aliphatic heterocycles. The van der Waals surface area contributed by atoms with Crippen LogP contribution in [0, 0.1) is 17.9 Å². The number of nitriles is 1. The maximum absolute atomic E-state index is 9.99. The third-order valence-corrected chi connectivity index (χ3v) is 7.98. The Kier molecular flexibility index (Phi) is 5.22. The molecular weight excluding hydrogens is 514 g/mol. The minimum absolute atomic E-state index is 0.541. The van der Waals surface area contributed by atoms with E-state index in [1.165, 1.54) is 10.8 Å². The van der Waals surface area contributed by atoms with E-state index in [4.69, 9.17) is 11.0 Å². The van der Waals surface area contributed by atoms with Gasteiger partial charge in [-0.05, 0) is 89.0 Å². The zero-order valence-corrected chi connectivity index (χ0v) is 22.4. The van der Waals surface area contributed by atoms with Crippen molar-refractivity contribution in [1.82, 2.24) is 4.57 Å². The minimum atomic E-state index is 0.541. The van der Waals surface area contributed by atoms with Crippen molar-refractivity contribution in [2.24, 2.45) is 0 Å². The molecule has 0 aliphatic carbocycles. The summed E-state index contributed by atoms with van der Waals surface area (Å²) in [5, 5.41) is 14.4. The molecule has 0 bridgehead atoms. The smallest absolute Gasteiger partial charge is 0.189 e. The summed E-state index contributed by atoms with van der Waals surface area (Å²) in [6, 6.07) is 45.1. The van der Waals surface area contributed by atoms with Gasteiger partial charge in [0.05, 0.1) is 29.2 Å². The molecule has 0 radical (unpaired) electrons. The lowest BCUT2D eigenvalue weighted by Crippen LogP contribution is -1.95. The topological polar surface area (TPSA) is 46.2 Å². The van der Waals surface area contributed by atoms with Gasteiger partial charge in [0.2, 0.25) is 0 Å². The van der Waals surface area contributed by atoms with Gasteiger partial charge < -0.3 is 8.98 Å². The maximum atomic E-state index is 9.99. The van der Waals surface area contributed by atoms with Crippen LogP contribution in [-0.2, 0) is 0 Å². The molecule has 0 unspecified atom stereocenters. The monoisotopic (exact) mass is 535 g/mol. The van der Waals surface area contributed by atoms with Crippen molar-refractivity contribution in [2.75, 3.05) is 0 Å². The van der Waals surface area contributed by atoms with Crippen LogP contribution in [0.25, 0.3) is 76.5 Å². The van der Waals surface area contributed by atoms with Crippen LogP contribution in [0.4, 0.5) is 5.69 Å². The van der Waals surface area contributed by atoms with Gasteiger partial charge in [-0.2, -0.15) is 5.26 Å². The molecule has 2 aromatic heterocycles. The minimum Gasteiger partial charge on any atom is -0.456 e. The number of benzene rings is 6. The summed E-state index contributed by atoms with van der Waals surface area (Å²) in [7, 11) is 0. The summed E-state index contributed by atoms with van der Waals surface area (Å²) < 4.78 is 8.25. The van der Waals surface area contributed by atoms with Crippen LogP contribution in [0.3, 0.4) is 0 Å². The van der Waals surface area contributed by atoms with Gasteiger partial charge in [0.15, 0.2) is 5.69 Å². The van der Waals surface area contributed by atoms with Crippen LogP contribution in [0.15, 0.2) is 132 Å². The molecule has 0 spiro atoms. The Morgan fingerprint density at radius 1 is 0.571 bits per heavy atom. The van der Waals surface area contributed by atoms with E-state index >= 15 is 0 Å². The molecule has 42 heavy (non-hydrogen) atoms. The van der Waals surface area contributed by atoms with Gasteiger partial charge >= 0.3 is 0 Å². The number of hydrogen-bond acceptors (Lipinski definition) is 2. The first kappa shape index (κ1) is 23.8. The van der Waals surface area contributed by atoms with Gasteiger partial charge in [-0.3, -0.25) is 0 Å². The molecule has 0 saturated heterocycles. The van der Waals surface area contributed by atoms with E-state index in [0.29, 0.717) is 11.3 Å². The maximum Gasteiger partial charge on any atom is 0.189 e. The van der Waals surface area contributed by atoms with Crippen molar-refractivity contribution in [1.29, 1.82) is 5.26 Å². The SMILES string of the molecule is [C-]#[N+]c1cc(-c2cc(C#N)cc(-c3ccc4oc5ccccc5c4c3)c2)cc(-n2c3ccccc3c3ccccc32)c1. The molecule has 0 N–H and O–H groups in total. The Labute approximate surface area is 241 Å². The number of hydrogen-bond donors (Lipinski definition) is 0. The third kappa shape index (κ3) is 3.68. The molecule has 8 rings (SSSR count). The number of furan rings is 1. The lowest BCUT2D eigenvalue weighted by molar-refractivity contribution is 0.669. The predicted molar refractivity (Wildman–Crippen MR) is 170 cm³/mol. The molecule has 0 saturated carbocycles. The summed E-state index contributed by atoms with van der Waals surface area (Å²) in [6.45, 7) is 7.89. The second-order valence-corrected chi connectivity index (χ2v) is 10.4. The average molecular weight is 536 g/mol. The highest BCUT2D eigenvalue weighted by atomic mass is 16.3. The Morgan fingerprint density at radius 3 is 1.90 bits per heavy atom. The molecule has 2 heterocycles. The summed E-state index contributed by atoms with van der Waals surface area (Å²) >= 11 is 0. The van der Waals surface area contributed by atoms with Crippen molar-refractivity contribution in [3.05, 3.63) is 144 Å². The largest absolute Gasteiger partial charge is 0.456 e. The van der Waals surface area contributed by atoms with Gasteiger partial charge in [-0.25, -0.2) is 4.85 Å². The van der Waals surface area contributed by atoms with E-state index in [9.17, 15) is 5.26 Å². The predicted octanol–water partition coefficient (Wildman–Crippen LogP) is 10.4. The second kappa shape index (κ2) is 9.24. The van der Waals surface area contributed by atoms with Gasteiger partial charge in [-0.15, -0.1) is 0 Å². The number of rotatable bonds is 3. The first-order valence-corrected chi connectivity index (χ1v) is 13.7. The molecule has 0 aliphatic rings. The first-order chi connectivity index (χ1) is 20.7. The Balaban J connectivity index is 1.33. The fourth-order valence-corrected chi connectivity index (χ4v) is 6.09. The van der Waals surface area contributed by atoms with Crippen molar-refractivity contribution in [3.63, 3.8) is 0 Å². The molecule has 0 fully saturated rings. The Hall–Kier alpha value is -6.10. The highest BCUT2D eigenvalue weighted by Gasteiger charge is 2.15. The fourth-order valence-electron chi connectivity index (χ4n) is 6.09. The highest BCUT2D eigenvalue weighted by Crippen LogP contribution is 2.38. The average Bonchev–Trinajstić information content (AvgIpc) is 3.59. The van der Waals surface area contributed by atoms with Crippen LogP contribution in [0.2, 0.25) is 0 Å². The lowest BCUT2D eigenvalue weighted by Gasteiger charge is -2.13. The van der Waals surface area contributed by atoms with Gasteiger partial charge in [0.1, 0.15) is 11.2 Å². The van der Waals surface area contributed by atoms with Crippen molar-refractivity contribution in [2.45, 2.75) is 0 Å². The van der Waals surface area contributed by atoms with Gasteiger partial charge in [0.25, 0.3) is 0 Å². The van der Waals surface area contributed by atoms with E-state index in [1.54, 1.807) is 0 Å². The zero-order chi connectivity index (χ0) is 28.2. The third-order valence-electron chi connectivity index (χ3n) is 7.98. The molecule has 0 atom stereocenters. The van der Waals surface area contributed by atoms with E-state index in [-0.39, 0.29) is 0 Å². The standard InChI is InChI=1S/C38H21N3O/c1-40-29-19-28(20-30(22-29)41-35-11-5-2-8-31(35)32-9-3-6-12-36(32)41)27-17-24(23-39)16-26(18-27)25-14-15-38-34(21-25)33-10-4-7-13-37(33)42-38/h2-22H. The zero-order valence-electron chi connectivity index (χ0n) is 22.4. The first-order valence-electron chi connectivity index (χ1n) is 13.7. The number of nitrogens with zero attached hydrogens (tertiary/aromatic N) is 3. The molecule has 0 amide bonds. The van der Waals surface area contributed by atoms with Crippen molar-refractivity contribution in [3.8, 4) is 34.0 Å². The molecule has 4 heteroatoms. The van der Waals surface area contributed by atoms with Crippen molar-refractivity contribution >= 4 is 49.4 Å². The van der Waals surface area contributed by atoms with Crippen LogP contribution >= 0.6 is 0 Å². The van der Waals surface area contributed by atoms with Gasteiger partial charge in [-0.1, -0.05) is 60.7 Å². The molecular formula is C38H21N3O. The van der Waals surface area contributed by atoms with Gasteiger partial charge in [0, 0.05) is 27.2 Å². The fraction of sp³-hybridized carbons (Fsp3) is 0. The molecule has 194 valence electrons. The Morgan fingerprint density at radius 2 is 1.19 bits per heavy atom. The molecule has 8 aromatic rings. The lowest BCUT2D eigenvalue weighted by atomic mass is 9.95. The number of fused-ring (bicyclic) bond motifs is 6.